The largest absolute Gasteiger partial charge is 0.352 e. The molecule has 0 saturated carbocycles. The fraction of sp³-hybridized carbons (Fsp3) is 0.412. The van der Waals surface area contributed by atoms with E-state index in [0.717, 1.165) is 31.0 Å². The van der Waals surface area contributed by atoms with E-state index in [1.165, 1.54) is 12.8 Å². The first-order chi connectivity index (χ1) is 10.8. The molecule has 3 rings (SSSR count). The second-order valence-electron chi connectivity index (χ2n) is 5.81. The van der Waals surface area contributed by atoms with E-state index in [4.69, 9.17) is 0 Å². The summed E-state index contributed by atoms with van der Waals surface area (Å²) in [5, 5.41) is 10.8. The predicted molar refractivity (Wildman–Crippen MR) is 86.2 cm³/mol. The highest BCUT2D eigenvalue weighted by Crippen LogP contribution is 2.14. The standard InChI is InChI=1S/C17H22N4O/c1-13-16(12-20-21(13)15-7-3-2-4-8-15)17(22)19-11-14-6-5-9-18-10-14/h2-4,7-8,12,14,18H,5-6,9-11H2,1H3,(H,19,22). The van der Waals surface area contributed by atoms with Gasteiger partial charge in [0.15, 0.2) is 0 Å². The Morgan fingerprint density at radius 2 is 2.23 bits per heavy atom. The van der Waals surface area contributed by atoms with Crippen LogP contribution in [0.5, 0.6) is 0 Å². The fourth-order valence-corrected chi connectivity index (χ4v) is 2.89. The van der Waals surface area contributed by atoms with Crippen LogP contribution in [0, 0.1) is 12.8 Å². The number of nitrogens with one attached hydrogen (secondary N) is 2. The quantitative estimate of drug-likeness (QED) is 0.906. The van der Waals surface area contributed by atoms with Gasteiger partial charge < -0.3 is 10.6 Å². The monoisotopic (exact) mass is 298 g/mol. The molecule has 2 heterocycles. The smallest absolute Gasteiger partial charge is 0.254 e. The Morgan fingerprint density at radius 1 is 1.41 bits per heavy atom. The molecule has 22 heavy (non-hydrogen) atoms. The van der Waals surface area contributed by atoms with Crippen LogP contribution in [0.1, 0.15) is 28.9 Å². The molecule has 0 bridgehead atoms. The molecule has 116 valence electrons. The lowest BCUT2D eigenvalue weighted by Crippen LogP contribution is -2.38. The minimum Gasteiger partial charge on any atom is -0.352 e. The topological polar surface area (TPSA) is 59.0 Å². The first-order valence-corrected chi connectivity index (χ1v) is 7.84. The molecule has 2 N–H and O–H groups in total. The number of amides is 1. The number of nitrogens with zero attached hydrogens (tertiary/aromatic N) is 2. The van der Waals surface area contributed by atoms with Gasteiger partial charge in [-0.15, -0.1) is 0 Å². The van der Waals surface area contributed by atoms with Crippen LogP contribution in [0.4, 0.5) is 0 Å². The summed E-state index contributed by atoms with van der Waals surface area (Å²) in [6, 6.07) is 9.86. The second-order valence-corrected chi connectivity index (χ2v) is 5.81. The highest BCUT2D eigenvalue weighted by Gasteiger charge is 2.18. The van der Waals surface area contributed by atoms with Crippen molar-refractivity contribution in [1.29, 1.82) is 0 Å². The average Bonchev–Trinajstić information content (AvgIpc) is 2.96. The number of para-hydroxylation sites is 1. The molecule has 5 heteroatoms. The molecule has 1 amide bonds. The summed E-state index contributed by atoms with van der Waals surface area (Å²) in [5.41, 5.74) is 2.48. The number of aromatic nitrogens is 2. The van der Waals surface area contributed by atoms with Gasteiger partial charge in [-0.25, -0.2) is 4.68 Å². The third-order valence-electron chi connectivity index (χ3n) is 4.21. The lowest BCUT2D eigenvalue weighted by atomic mass is 10.00. The van der Waals surface area contributed by atoms with Crippen molar-refractivity contribution in [1.82, 2.24) is 20.4 Å². The molecule has 0 spiro atoms. The molecule has 0 radical (unpaired) electrons. The Balaban J connectivity index is 1.67. The minimum absolute atomic E-state index is 0.0368. The molecule has 1 fully saturated rings. The number of carbonyl (C=O) groups is 1. The maximum Gasteiger partial charge on any atom is 0.254 e. The molecule has 2 aromatic rings. The first kappa shape index (κ1) is 14.8. The first-order valence-electron chi connectivity index (χ1n) is 7.84. The fourth-order valence-electron chi connectivity index (χ4n) is 2.89. The molecular weight excluding hydrogens is 276 g/mol. The molecule has 1 aliphatic heterocycles. The highest BCUT2D eigenvalue weighted by molar-refractivity contribution is 5.95. The van der Waals surface area contributed by atoms with E-state index in [1.54, 1.807) is 10.9 Å². The van der Waals surface area contributed by atoms with Gasteiger partial charge in [-0.1, -0.05) is 18.2 Å². The maximum absolute atomic E-state index is 12.4. The van der Waals surface area contributed by atoms with Gasteiger partial charge in [0, 0.05) is 6.54 Å². The Morgan fingerprint density at radius 3 is 2.95 bits per heavy atom. The average molecular weight is 298 g/mol. The van der Waals surface area contributed by atoms with Gasteiger partial charge in [0.05, 0.1) is 23.1 Å². The molecule has 1 aromatic carbocycles. The number of benzene rings is 1. The molecule has 1 unspecified atom stereocenters. The van der Waals surface area contributed by atoms with Crippen molar-refractivity contribution in [3.05, 3.63) is 47.8 Å². The maximum atomic E-state index is 12.4. The van der Waals surface area contributed by atoms with E-state index < -0.39 is 0 Å². The zero-order chi connectivity index (χ0) is 15.4. The SMILES string of the molecule is Cc1c(C(=O)NCC2CCCNC2)cnn1-c1ccccc1. The zero-order valence-electron chi connectivity index (χ0n) is 12.9. The Hall–Kier alpha value is -2.14. The van der Waals surface area contributed by atoms with E-state index in [0.29, 0.717) is 11.5 Å². The third kappa shape index (κ3) is 3.20. The number of hydrogen-bond donors (Lipinski definition) is 2. The summed E-state index contributed by atoms with van der Waals surface area (Å²) in [6.45, 7) is 4.73. The van der Waals surface area contributed by atoms with Gasteiger partial charge >= 0.3 is 0 Å². The van der Waals surface area contributed by atoms with Crippen molar-refractivity contribution in [3.8, 4) is 5.69 Å². The van der Waals surface area contributed by atoms with Crippen LogP contribution in [0.15, 0.2) is 36.5 Å². The van der Waals surface area contributed by atoms with Crippen LogP contribution in [0.25, 0.3) is 5.69 Å². The van der Waals surface area contributed by atoms with Crippen molar-refractivity contribution in [2.24, 2.45) is 5.92 Å². The zero-order valence-corrected chi connectivity index (χ0v) is 12.9. The normalized spacial score (nSPS) is 18.1. The van der Waals surface area contributed by atoms with E-state index >= 15 is 0 Å². The number of carbonyl (C=O) groups excluding carboxylic acids is 1. The molecule has 1 aliphatic rings. The number of hydrogen-bond acceptors (Lipinski definition) is 3. The van der Waals surface area contributed by atoms with Gasteiger partial charge in [-0.2, -0.15) is 5.10 Å². The molecular formula is C17H22N4O. The minimum atomic E-state index is -0.0368. The Kier molecular flexibility index (Phi) is 4.53. The summed E-state index contributed by atoms with van der Waals surface area (Å²) < 4.78 is 1.80. The van der Waals surface area contributed by atoms with Crippen molar-refractivity contribution in [2.45, 2.75) is 19.8 Å². The van der Waals surface area contributed by atoms with E-state index in [1.807, 2.05) is 37.3 Å². The van der Waals surface area contributed by atoms with Crippen LogP contribution in [0.3, 0.4) is 0 Å². The van der Waals surface area contributed by atoms with Crippen molar-refractivity contribution in [3.63, 3.8) is 0 Å². The van der Waals surface area contributed by atoms with E-state index in [2.05, 4.69) is 15.7 Å². The summed E-state index contributed by atoms with van der Waals surface area (Å²) in [5.74, 6) is 0.493. The lowest BCUT2D eigenvalue weighted by molar-refractivity contribution is 0.0944. The van der Waals surface area contributed by atoms with Crippen LogP contribution < -0.4 is 10.6 Å². The van der Waals surface area contributed by atoms with Crippen molar-refractivity contribution >= 4 is 5.91 Å². The highest BCUT2D eigenvalue weighted by atomic mass is 16.1. The van der Waals surface area contributed by atoms with Crippen LogP contribution in [-0.2, 0) is 0 Å². The molecule has 1 atom stereocenters. The van der Waals surface area contributed by atoms with Crippen molar-refractivity contribution < 1.29 is 4.79 Å². The molecule has 0 aliphatic carbocycles. The molecule has 1 saturated heterocycles. The van der Waals surface area contributed by atoms with Gasteiger partial charge in [-0.05, 0) is 50.9 Å². The number of piperidine rings is 1. The number of rotatable bonds is 4. The predicted octanol–water partition coefficient (Wildman–Crippen LogP) is 1.91. The van der Waals surface area contributed by atoms with Gasteiger partial charge in [0.2, 0.25) is 0 Å². The Bertz CT molecular complexity index is 629. The van der Waals surface area contributed by atoms with Gasteiger partial charge in [-0.3, -0.25) is 4.79 Å². The third-order valence-corrected chi connectivity index (χ3v) is 4.21. The van der Waals surface area contributed by atoms with E-state index in [-0.39, 0.29) is 5.91 Å². The molecule has 1 aromatic heterocycles. The second kappa shape index (κ2) is 6.75. The summed E-state index contributed by atoms with van der Waals surface area (Å²) >= 11 is 0. The lowest BCUT2D eigenvalue weighted by Gasteiger charge is -2.22. The summed E-state index contributed by atoms with van der Waals surface area (Å²) in [6.07, 6.45) is 4.01. The van der Waals surface area contributed by atoms with Crippen LogP contribution in [-0.4, -0.2) is 35.3 Å². The summed E-state index contributed by atoms with van der Waals surface area (Å²) in [7, 11) is 0. The van der Waals surface area contributed by atoms with Crippen LogP contribution >= 0.6 is 0 Å². The summed E-state index contributed by atoms with van der Waals surface area (Å²) in [4.78, 5) is 12.4. The van der Waals surface area contributed by atoms with Gasteiger partial charge in [0.25, 0.3) is 5.91 Å². The van der Waals surface area contributed by atoms with Crippen LogP contribution in [0.2, 0.25) is 0 Å². The molecule has 5 nitrogen and oxygen atoms in total. The van der Waals surface area contributed by atoms with Crippen molar-refractivity contribution in [2.75, 3.05) is 19.6 Å². The van der Waals surface area contributed by atoms with E-state index in [9.17, 15) is 4.79 Å². The Labute approximate surface area is 130 Å². The van der Waals surface area contributed by atoms with Gasteiger partial charge in [0.1, 0.15) is 0 Å².